The lowest BCUT2D eigenvalue weighted by Gasteiger charge is -2.05. The molecule has 0 aliphatic heterocycles. The van der Waals surface area contributed by atoms with Gasteiger partial charge >= 0.3 is 0 Å². The summed E-state index contributed by atoms with van der Waals surface area (Å²) in [7, 11) is 1.81. The van der Waals surface area contributed by atoms with E-state index in [1.54, 1.807) is 23.0 Å². The first kappa shape index (κ1) is 9.98. The van der Waals surface area contributed by atoms with Crippen LogP contribution in [0.4, 0.5) is 17.3 Å². The van der Waals surface area contributed by atoms with Gasteiger partial charge in [-0.3, -0.25) is 4.68 Å². The maximum Gasteiger partial charge on any atom is 0.156 e. The van der Waals surface area contributed by atoms with Gasteiger partial charge in [0.2, 0.25) is 0 Å². The van der Waals surface area contributed by atoms with Crippen molar-refractivity contribution in [2.45, 2.75) is 0 Å². The molecule has 0 aliphatic carbocycles. The van der Waals surface area contributed by atoms with Crippen LogP contribution in [0.5, 0.6) is 0 Å². The second-order valence-electron chi connectivity index (χ2n) is 3.23. The molecule has 0 aromatic carbocycles. The number of aromatic nitrogens is 3. The maximum absolute atomic E-state index is 8.81. The van der Waals surface area contributed by atoms with Gasteiger partial charge in [0.1, 0.15) is 6.07 Å². The Labute approximate surface area is 92.3 Å². The highest BCUT2D eigenvalue weighted by atomic mass is 15.3. The lowest BCUT2D eigenvalue weighted by Crippen LogP contribution is -2.02. The van der Waals surface area contributed by atoms with E-state index < -0.39 is 0 Å². The molecule has 0 aliphatic rings. The van der Waals surface area contributed by atoms with Gasteiger partial charge in [0.25, 0.3) is 0 Å². The first-order valence-corrected chi connectivity index (χ1v) is 4.62. The minimum absolute atomic E-state index is 0.329. The Balaban J connectivity index is 2.32. The number of pyridine rings is 1. The average molecular weight is 214 g/mol. The van der Waals surface area contributed by atoms with Crippen LogP contribution in [0.3, 0.4) is 0 Å². The zero-order valence-electron chi connectivity index (χ0n) is 8.68. The minimum atomic E-state index is 0.329. The molecule has 0 saturated heterocycles. The van der Waals surface area contributed by atoms with Crippen LogP contribution in [0.25, 0.3) is 0 Å². The zero-order valence-corrected chi connectivity index (χ0v) is 8.68. The fourth-order valence-corrected chi connectivity index (χ4v) is 1.27. The Kier molecular flexibility index (Phi) is 2.44. The van der Waals surface area contributed by atoms with Crippen molar-refractivity contribution in [2.24, 2.45) is 7.05 Å². The molecular weight excluding hydrogens is 204 g/mol. The Morgan fingerprint density at radius 3 is 2.94 bits per heavy atom. The normalized spacial score (nSPS) is 9.75. The number of nitriles is 1. The van der Waals surface area contributed by atoms with E-state index in [0.29, 0.717) is 22.9 Å². The molecule has 0 fully saturated rings. The third-order valence-electron chi connectivity index (χ3n) is 2.07. The summed E-state index contributed by atoms with van der Waals surface area (Å²) in [5.41, 5.74) is 6.49. The van der Waals surface area contributed by atoms with Crippen molar-refractivity contribution in [1.82, 2.24) is 14.8 Å². The lowest BCUT2D eigenvalue weighted by molar-refractivity contribution is 0.771. The summed E-state index contributed by atoms with van der Waals surface area (Å²) in [5.74, 6) is 1.08. The fourth-order valence-electron chi connectivity index (χ4n) is 1.27. The van der Waals surface area contributed by atoms with Crippen LogP contribution in [-0.4, -0.2) is 14.8 Å². The van der Waals surface area contributed by atoms with Gasteiger partial charge in [0.15, 0.2) is 11.6 Å². The van der Waals surface area contributed by atoms with Crippen LogP contribution in [0.15, 0.2) is 24.5 Å². The topological polar surface area (TPSA) is 92.5 Å². The first-order valence-electron chi connectivity index (χ1n) is 4.62. The number of nitrogens with one attached hydrogen (secondary N) is 1. The largest absolute Gasteiger partial charge is 0.395 e. The molecule has 0 unspecified atom stereocenters. The lowest BCUT2D eigenvalue weighted by atomic mass is 10.2. The van der Waals surface area contributed by atoms with Gasteiger partial charge in [-0.25, -0.2) is 4.98 Å². The van der Waals surface area contributed by atoms with E-state index >= 15 is 0 Å². The molecule has 2 aromatic rings. The predicted molar refractivity (Wildman–Crippen MR) is 59.9 cm³/mol. The third kappa shape index (κ3) is 1.79. The van der Waals surface area contributed by atoms with Crippen LogP contribution < -0.4 is 11.1 Å². The van der Waals surface area contributed by atoms with Crippen molar-refractivity contribution in [1.29, 1.82) is 5.26 Å². The Morgan fingerprint density at radius 2 is 2.31 bits per heavy atom. The van der Waals surface area contributed by atoms with Gasteiger partial charge in [-0.05, 0) is 6.07 Å². The average Bonchev–Trinajstić information content (AvgIpc) is 2.67. The van der Waals surface area contributed by atoms with Crippen LogP contribution in [0.2, 0.25) is 0 Å². The quantitative estimate of drug-likeness (QED) is 0.778. The number of hydrogen-bond acceptors (Lipinski definition) is 5. The summed E-state index contributed by atoms with van der Waals surface area (Å²) in [4.78, 5) is 4.05. The summed E-state index contributed by atoms with van der Waals surface area (Å²) in [6, 6.07) is 5.36. The number of nitrogens with zero attached hydrogens (tertiary/aromatic N) is 4. The Hall–Kier alpha value is -2.55. The second-order valence-corrected chi connectivity index (χ2v) is 3.23. The highest BCUT2D eigenvalue weighted by molar-refractivity contribution is 5.72. The monoisotopic (exact) mass is 214 g/mol. The second kappa shape index (κ2) is 3.90. The van der Waals surface area contributed by atoms with Crippen molar-refractivity contribution >= 4 is 17.3 Å². The molecule has 0 saturated carbocycles. The van der Waals surface area contributed by atoms with E-state index in [0.717, 1.165) is 0 Å². The highest BCUT2D eigenvalue weighted by Crippen LogP contribution is 2.21. The van der Waals surface area contributed by atoms with Gasteiger partial charge in [0.05, 0.1) is 11.3 Å². The molecule has 0 atom stereocenters. The predicted octanol–water partition coefficient (Wildman–Crippen LogP) is 1.01. The standard InChI is InChI=1S/C10H10N6/c1-16-5-3-8(15-16)14-10-9(12)7(6-11)2-4-13-10/h2-5H,12H2,1H3,(H,13,14,15). The van der Waals surface area contributed by atoms with Gasteiger partial charge < -0.3 is 11.1 Å². The van der Waals surface area contributed by atoms with Crippen LogP contribution in [-0.2, 0) is 7.05 Å². The van der Waals surface area contributed by atoms with Crippen molar-refractivity contribution in [3.63, 3.8) is 0 Å². The number of aryl methyl sites for hydroxylation is 1. The summed E-state index contributed by atoms with van der Waals surface area (Å²) >= 11 is 0. The van der Waals surface area contributed by atoms with Gasteiger partial charge in [0, 0.05) is 25.5 Å². The Morgan fingerprint density at radius 1 is 1.50 bits per heavy atom. The number of nitrogens with two attached hydrogens (primary N) is 1. The molecule has 0 bridgehead atoms. The summed E-state index contributed by atoms with van der Waals surface area (Å²) in [6.45, 7) is 0. The summed E-state index contributed by atoms with van der Waals surface area (Å²) in [5, 5.41) is 15.9. The Bertz CT molecular complexity index is 551. The summed E-state index contributed by atoms with van der Waals surface area (Å²) < 4.78 is 1.66. The van der Waals surface area contributed by atoms with E-state index in [2.05, 4.69) is 15.4 Å². The minimum Gasteiger partial charge on any atom is -0.395 e. The zero-order chi connectivity index (χ0) is 11.5. The van der Waals surface area contributed by atoms with Crippen LogP contribution in [0.1, 0.15) is 5.56 Å². The number of rotatable bonds is 2. The van der Waals surface area contributed by atoms with Gasteiger partial charge in [-0.15, -0.1) is 0 Å². The van der Waals surface area contributed by atoms with E-state index in [9.17, 15) is 0 Å². The van der Waals surface area contributed by atoms with E-state index in [-0.39, 0.29) is 0 Å². The van der Waals surface area contributed by atoms with Crippen LogP contribution >= 0.6 is 0 Å². The number of nitrogen functional groups attached to an aromatic ring is 1. The van der Waals surface area contributed by atoms with Crippen molar-refractivity contribution in [2.75, 3.05) is 11.1 Å². The number of hydrogen-bond donors (Lipinski definition) is 2. The number of anilines is 3. The molecule has 6 nitrogen and oxygen atoms in total. The van der Waals surface area contributed by atoms with Crippen LogP contribution in [0, 0.1) is 11.3 Å². The highest BCUT2D eigenvalue weighted by Gasteiger charge is 2.06. The molecule has 2 heterocycles. The van der Waals surface area contributed by atoms with Gasteiger partial charge in [-0.2, -0.15) is 10.4 Å². The molecule has 2 aromatic heterocycles. The molecule has 0 radical (unpaired) electrons. The molecule has 80 valence electrons. The van der Waals surface area contributed by atoms with Crippen molar-refractivity contribution in [3.8, 4) is 6.07 Å². The fraction of sp³-hybridized carbons (Fsp3) is 0.100. The van der Waals surface area contributed by atoms with Crippen molar-refractivity contribution < 1.29 is 0 Å². The SMILES string of the molecule is Cn1ccc(Nc2nccc(C#N)c2N)n1. The summed E-state index contributed by atoms with van der Waals surface area (Å²) in [6.07, 6.45) is 3.33. The van der Waals surface area contributed by atoms with E-state index in [1.165, 1.54) is 6.20 Å². The molecule has 6 heteroatoms. The third-order valence-corrected chi connectivity index (χ3v) is 2.07. The molecule has 0 spiro atoms. The van der Waals surface area contributed by atoms with E-state index in [4.69, 9.17) is 11.0 Å². The van der Waals surface area contributed by atoms with Gasteiger partial charge in [-0.1, -0.05) is 0 Å². The first-order chi connectivity index (χ1) is 7.70. The smallest absolute Gasteiger partial charge is 0.156 e. The van der Waals surface area contributed by atoms with Crippen molar-refractivity contribution in [3.05, 3.63) is 30.1 Å². The maximum atomic E-state index is 8.81. The molecule has 2 rings (SSSR count). The molecular formula is C10H10N6. The molecule has 3 N–H and O–H groups in total. The molecule has 0 amide bonds. The molecule has 16 heavy (non-hydrogen) atoms. The van der Waals surface area contributed by atoms with E-state index in [1.807, 2.05) is 13.1 Å².